The van der Waals surface area contributed by atoms with E-state index in [9.17, 15) is 0 Å². The summed E-state index contributed by atoms with van der Waals surface area (Å²) in [6.45, 7) is 0. The Balaban J connectivity index is 1.80. The summed E-state index contributed by atoms with van der Waals surface area (Å²) in [7, 11) is 0. The van der Waals surface area contributed by atoms with E-state index in [2.05, 4.69) is 82.0 Å². The predicted octanol–water partition coefficient (Wildman–Crippen LogP) is 6.04. The quantitative estimate of drug-likeness (QED) is 0.474. The third-order valence-corrected chi connectivity index (χ3v) is 4.95. The molecule has 0 saturated carbocycles. The first-order valence-electron chi connectivity index (χ1n) is 8.35. The van der Waals surface area contributed by atoms with Gasteiger partial charge in [0.2, 0.25) is 5.95 Å². The van der Waals surface area contributed by atoms with Gasteiger partial charge < -0.3 is 5.32 Å². The van der Waals surface area contributed by atoms with Gasteiger partial charge in [-0.05, 0) is 29.8 Å². The second-order valence-electron chi connectivity index (χ2n) is 5.66. The first-order chi connectivity index (χ1) is 12.9. The fourth-order valence-corrected chi connectivity index (χ4v) is 3.65. The molecule has 0 aliphatic heterocycles. The molecule has 0 saturated heterocycles. The minimum atomic E-state index is 0.589. The van der Waals surface area contributed by atoms with E-state index < -0.39 is 0 Å². The first kappa shape index (κ1) is 16.4. The van der Waals surface area contributed by atoms with Gasteiger partial charge in [0.15, 0.2) is 0 Å². The Hall–Kier alpha value is -3.11. The lowest BCUT2D eigenvalue weighted by molar-refractivity contribution is 1.16. The van der Waals surface area contributed by atoms with E-state index in [1.54, 1.807) is 24.2 Å². The van der Waals surface area contributed by atoms with Crippen molar-refractivity contribution in [3.8, 4) is 11.1 Å². The Labute approximate surface area is 157 Å². The van der Waals surface area contributed by atoms with Crippen molar-refractivity contribution in [1.29, 1.82) is 0 Å². The number of hydrogen-bond donors (Lipinski definition) is 1. The van der Waals surface area contributed by atoms with Crippen molar-refractivity contribution in [3.63, 3.8) is 0 Å². The molecule has 1 heterocycles. The largest absolute Gasteiger partial charge is 0.323 e. The monoisotopic (exact) mass is 355 g/mol. The van der Waals surface area contributed by atoms with Gasteiger partial charge in [-0.3, -0.25) is 0 Å². The summed E-state index contributed by atoms with van der Waals surface area (Å²) < 4.78 is 0. The van der Waals surface area contributed by atoms with Gasteiger partial charge in [0.25, 0.3) is 0 Å². The number of anilines is 2. The molecule has 4 rings (SSSR count). The number of hydrogen-bond acceptors (Lipinski definition) is 4. The van der Waals surface area contributed by atoms with Crippen LogP contribution in [-0.2, 0) is 0 Å². The van der Waals surface area contributed by atoms with Gasteiger partial charge >= 0.3 is 0 Å². The molecule has 0 amide bonds. The van der Waals surface area contributed by atoms with Crippen LogP contribution < -0.4 is 5.32 Å². The van der Waals surface area contributed by atoms with Crippen molar-refractivity contribution in [3.05, 3.63) is 97.3 Å². The van der Waals surface area contributed by atoms with Gasteiger partial charge in [-0.1, -0.05) is 72.4 Å². The molecule has 0 atom stereocenters. The van der Waals surface area contributed by atoms with Crippen LogP contribution in [0.1, 0.15) is 0 Å². The minimum absolute atomic E-state index is 0.589. The normalized spacial score (nSPS) is 10.5. The summed E-state index contributed by atoms with van der Waals surface area (Å²) in [6, 6.07) is 28.9. The molecule has 0 unspecified atom stereocenters. The molecule has 1 N–H and O–H groups in total. The third kappa shape index (κ3) is 3.76. The lowest BCUT2D eigenvalue weighted by Crippen LogP contribution is -1.99. The minimum Gasteiger partial charge on any atom is -0.323 e. The molecule has 0 fully saturated rings. The fourth-order valence-electron chi connectivity index (χ4n) is 2.69. The number of aromatic nitrogens is 2. The number of rotatable bonds is 5. The molecule has 4 aromatic rings. The SMILES string of the molecule is c1ccc(Sc2cccc(-c3ccccc3)c2Nc2ncccn2)cc1. The summed E-state index contributed by atoms with van der Waals surface area (Å²) in [4.78, 5) is 11.0. The van der Waals surface area contributed by atoms with Crippen molar-refractivity contribution in [1.82, 2.24) is 9.97 Å². The number of para-hydroxylation sites is 1. The Bertz CT molecular complexity index is 974. The zero-order chi connectivity index (χ0) is 17.6. The number of benzene rings is 3. The molecule has 0 aliphatic rings. The first-order valence-corrected chi connectivity index (χ1v) is 9.17. The van der Waals surface area contributed by atoms with Gasteiger partial charge in [0.05, 0.1) is 5.69 Å². The van der Waals surface area contributed by atoms with Crippen LogP contribution in [0.5, 0.6) is 0 Å². The van der Waals surface area contributed by atoms with Gasteiger partial charge in [0.1, 0.15) is 0 Å². The Morgan fingerprint density at radius 1 is 0.654 bits per heavy atom. The van der Waals surface area contributed by atoms with Crippen LogP contribution in [-0.4, -0.2) is 9.97 Å². The smallest absolute Gasteiger partial charge is 0.227 e. The zero-order valence-electron chi connectivity index (χ0n) is 14.0. The van der Waals surface area contributed by atoms with Crippen LogP contribution >= 0.6 is 11.8 Å². The van der Waals surface area contributed by atoms with Crippen molar-refractivity contribution < 1.29 is 0 Å². The van der Waals surface area contributed by atoms with Crippen LogP contribution in [0.25, 0.3) is 11.1 Å². The maximum Gasteiger partial charge on any atom is 0.227 e. The second-order valence-corrected chi connectivity index (χ2v) is 6.77. The highest BCUT2D eigenvalue weighted by molar-refractivity contribution is 7.99. The second kappa shape index (κ2) is 7.85. The van der Waals surface area contributed by atoms with Crippen molar-refractivity contribution in [2.45, 2.75) is 9.79 Å². The van der Waals surface area contributed by atoms with E-state index in [4.69, 9.17) is 0 Å². The molecule has 0 radical (unpaired) electrons. The fraction of sp³-hybridized carbons (Fsp3) is 0. The van der Waals surface area contributed by atoms with Gasteiger partial charge in [-0.25, -0.2) is 9.97 Å². The van der Waals surface area contributed by atoms with E-state index >= 15 is 0 Å². The maximum atomic E-state index is 4.33. The molecule has 0 aliphatic carbocycles. The molecule has 26 heavy (non-hydrogen) atoms. The van der Waals surface area contributed by atoms with Crippen LogP contribution in [0.3, 0.4) is 0 Å². The molecule has 3 aromatic carbocycles. The predicted molar refractivity (Wildman–Crippen MR) is 108 cm³/mol. The van der Waals surface area contributed by atoms with E-state index in [1.165, 1.54) is 4.90 Å². The van der Waals surface area contributed by atoms with Crippen LogP contribution in [0.2, 0.25) is 0 Å². The Morgan fingerprint density at radius 2 is 1.35 bits per heavy atom. The van der Waals surface area contributed by atoms with Crippen LogP contribution in [0.4, 0.5) is 11.6 Å². The van der Waals surface area contributed by atoms with Crippen LogP contribution in [0, 0.1) is 0 Å². The third-order valence-electron chi connectivity index (χ3n) is 3.88. The summed E-state index contributed by atoms with van der Waals surface area (Å²) in [5.41, 5.74) is 3.29. The average Bonchev–Trinajstić information content (AvgIpc) is 2.71. The topological polar surface area (TPSA) is 37.8 Å². The molecule has 4 heteroatoms. The highest BCUT2D eigenvalue weighted by atomic mass is 32.2. The van der Waals surface area contributed by atoms with Gasteiger partial charge in [0, 0.05) is 27.7 Å². The van der Waals surface area contributed by atoms with Gasteiger partial charge in [-0.15, -0.1) is 0 Å². The van der Waals surface area contributed by atoms with Crippen molar-refractivity contribution in [2.75, 3.05) is 5.32 Å². The Morgan fingerprint density at radius 3 is 2.08 bits per heavy atom. The molecule has 0 spiro atoms. The van der Waals surface area contributed by atoms with Gasteiger partial charge in [-0.2, -0.15) is 0 Å². The lowest BCUT2D eigenvalue weighted by Gasteiger charge is -2.16. The summed E-state index contributed by atoms with van der Waals surface area (Å²) in [6.07, 6.45) is 3.48. The molecular formula is C22H17N3S. The molecule has 0 bridgehead atoms. The Kier molecular flexibility index (Phi) is 4.94. The highest BCUT2D eigenvalue weighted by Gasteiger charge is 2.12. The van der Waals surface area contributed by atoms with Crippen molar-refractivity contribution in [2.24, 2.45) is 0 Å². The van der Waals surface area contributed by atoms with E-state index in [0.717, 1.165) is 21.7 Å². The summed E-state index contributed by atoms with van der Waals surface area (Å²) in [5, 5.41) is 3.42. The molecule has 3 nitrogen and oxygen atoms in total. The number of nitrogens with one attached hydrogen (secondary N) is 1. The standard InChI is InChI=1S/C22H17N3S/c1-3-9-17(10-4-1)19-13-7-14-20(26-18-11-5-2-6-12-18)21(19)25-22-23-15-8-16-24-22/h1-16H,(H,23,24,25). The van der Waals surface area contributed by atoms with E-state index in [-0.39, 0.29) is 0 Å². The summed E-state index contributed by atoms with van der Waals surface area (Å²) >= 11 is 1.72. The van der Waals surface area contributed by atoms with E-state index in [1.807, 2.05) is 18.2 Å². The molecular weight excluding hydrogens is 338 g/mol. The molecule has 126 valence electrons. The van der Waals surface area contributed by atoms with E-state index in [0.29, 0.717) is 5.95 Å². The lowest BCUT2D eigenvalue weighted by atomic mass is 10.0. The maximum absolute atomic E-state index is 4.33. The summed E-state index contributed by atoms with van der Waals surface area (Å²) in [5.74, 6) is 0.589. The average molecular weight is 355 g/mol. The number of nitrogens with zero attached hydrogens (tertiary/aromatic N) is 2. The van der Waals surface area contributed by atoms with Crippen LogP contribution in [0.15, 0.2) is 107 Å². The van der Waals surface area contributed by atoms with Crippen molar-refractivity contribution >= 4 is 23.4 Å². The molecule has 1 aromatic heterocycles. The zero-order valence-corrected chi connectivity index (χ0v) is 14.9. The highest BCUT2D eigenvalue weighted by Crippen LogP contribution is 2.40.